The van der Waals surface area contributed by atoms with Crippen LogP contribution in [0.3, 0.4) is 0 Å². The van der Waals surface area contributed by atoms with Gasteiger partial charge in [0, 0.05) is 38.3 Å². The number of amides is 3. The molecule has 2 aliphatic rings. The molecule has 2 heterocycles. The van der Waals surface area contributed by atoms with Gasteiger partial charge in [0.15, 0.2) is 0 Å². The summed E-state index contributed by atoms with van der Waals surface area (Å²) in [5.74, 6) is -0.637. The molecule has 1 atom stereocenters. The first-order valence-electron chi connectivity index (χ1n) is 8.37. The summed E-state index contributed by atoms with van der Waals surface area (Å²) in [6, 6.07) is 5.21. The molecule has 0 bridgehead atoms. The van der Waals surface area contributed by atoms with Crippen molar-refractivity contribution < 1.29 is 18.8 Å². The molecule has 0 aliphatic carbocycles. The Morgan fingerprint density at radius 2 is 1.84 bits per heavy atom. The van der Waals surface area contributed by atoms with E-state index in [0.29, 0.717) is 44.7 Å². The number of hydrogen-bond donors (Lipinski definition) is 2. The summed E-state index contributed by atoms with van der Waals surface area (Å²) in [6.07, 6.45) is 0.956. The first kappa shape index (κ1) is 17.3. The van der Waals surface area contributed by atoms with Crippen molar-refractivity contribution in [3.05, 3.63) is 30.1 Å². The molecule has 2 fully saturated rings. The predicted molar refractivity (Wildman–Crippen MR) is 89.2 cm³/mol. The molecule has 0 radical (unpaired) electrons. The number of nitrogens with one attached hydrogen (secondary N) is 2. The predicted octanol–water partition coefficient (Wildman–Crippen LogP) is 0.187. The van der Waals surface area contributed by atoms with Crippen LogP contribution in [-0.2, 0) is 14.4 Å². The van der Waals surface area contributed by atoms with Crippen molar-refractivity contribution in [2.75, 3.05) is 38.0 Å². The monoisotopic (exact) mass is 348 g/mol. The third kappa shape index (κ3) is 4.54. The number of piperazine rings is 1. The van der Waals surface area contributed by atoms with E-state index in [1.807, 2.05) is 4.90 Å². The van der Waals surface area contributed by atoms with Gasteiger partial charge < -0.3 is 15.5 Å². The van der Waals surface area contributed by atoms with E-state index in [9.17, 15) is 18.8 Å². The molecular weight excluding hydrogens is 327 g/mol. The summed E-state index contributed by atoms with van der Waals surface area (Å²) in [5, 5.41) is 5.42. The number of halogens is 1. The Kier molecular flexibility index (Phi) is 5.28. The van der Waals surface area contributed by atoms with E-state index in [0.717, 1.165) is 0 Å². The lowest BCUT2D eigenvalue weighted by Crippen LogP contribution is -2.54. The zero-order valence-corrected chi connectivity index (χ0v) is 13.8. The van der Waals surface area contributed by atoms with Crippen molar-refractivity contribution in [3.8, 4) is 0 Å². The van der Waals surface area contributed by atoms with E-state index in [1.165, 1.54) is 24.3 Å². The number of anilines is 1. The van der Waals surface area contributed by atoms with Crippen molar-refractivity contribution in [1.29, 1.82) is 0 Å². The van der Waals surface area contributed by atoms with Crippen molar-refractivity contribution in [2.45, 2.75) is 18.9 Å². The Morgan fingerprint density at radius 1 is 1.16 bits per heavy atom. The maximum Gasteiger partial charge on any atom is 0.245 e. The lowest BCUT2D eigenvalue weighted by molar-refractivity contribution is -0.136. The van der Waals surface area contributed by atoms with Gasteiger partial charge in [-0.25, -0.2) is 4.39 Å². The van der Waals surface area contributed by atoms with Crippen molar-refractivity contribution >= 4 is 23.4 Å². The van der Waals surface area contributed by atoms with Gasteiger partial charge in [-0.15, -0.1) is 0 Å². The molecule has 0 unspecified atom stereocenters. The average Bonchev–Trinajstić information content (AvgIpc) is 3.03. The molecular formula is C17H21FN4O3. The molecule has 3 amide bonds. The van der Waals surface area contributed by atoms with E-state index in [4.69, 9.17) is 0 Å². The summed E-state index contributed by atoms with van der Waals surface area (Å²) in [7, 11) is 0. The smallest absolute Gasteiger partial charge is 0.245 e. The van der Waals surface area contributed by atoms with Gasteiger partial charge in [0.05, 0.1) is 6.54 Å². The Labute approximate surface area is 145 Å². The fourth-order valence-corrected chi connectivity index (χ4v) is 3.08. The van der Waals surface area contributed by atoms with Gasteiger partial charge in [-0.3, -0.25) is 19.3 Å². The summed E-state index contributed by atoms with van der Waals surface area (Å²) in [6.45, 7) is 2.50. The zero-order chi connectivity index (χ0) is 17.8. The van der Waals surface area contributed by atoms with Crippen molar-refractivity contribution in [2.24, 2.45) is 0 Å². The molecule has 134 valence electrons. The second-order valence-corrected chi connectivity index (χ2v) is 6.32. The minimum absolute atomic E-state index is 0.0405. The van der Waals surface area contributed by atoms with Crippen LogP contribution in [0.5, 0.6) is 0 Å². The van der Waals surface area contributed by atoms with Crippen LogP contribution in [0.1, 0.15) is 12.8 Å². The SMILES string of the molecule is O=C(CN1CCN(C(=O)[C@@H]2CCC(=O)N2)CC1)Nc1ccc(F)cc1. The van der Waals surface area contributed by atoms with Crippen LogP contribution in [0, 0.1) is 5.82 Å². The Hall–Kier alpha value is -2.48. The maximum atomic E-state index is 12.9. The molecule has 0 spiro atoms. The van der Waals surface area contributed by atoms with E-state index in [2.05, 4.69) is 10.6 Å². The molecule has 2 N–H and O–H groups in total. The highest BCUT2D eigenvalue weighted by molar-refractivity contribution is 5.92. The number of carbonyl (C=O) groups excluding carboxylic acids is 3. The van der Waals surface area contributed by atoms with E-state index < -0.39 is 6.04 Å². The summed E-state index contributed by atoms with van der Waals surface area (Å²) >= 11 is 0. The van der Waals surface area contributed by atoms with Crippen molar-refractivity contribution in [3.63, 3.8) is 0 Å². The van der Waals surface area contributed by atoms with Crippen LogP contribution in [0.4, 0.5) is 10.1 Å². The number of rotatable bonds is 4. The van der Waals surface area contributed by atoms with Gasteiger partial charge in [-0.2, -0.15) is 0 Å². The molecule has 25 heavy (non-hydrogen) atoms. The van der Waals surface area contributed by atoms with Crippen molar-refractivity contribution in [1.82, 2.24) is 15.1 Å². The van der Waals surface area contributed by atoms with Crippen LogP contribution in [-0.4, -0.2) is 66.3 Å². The second kappa shape index (κ2) is 7.60. The van der Waals surface area contributed by atoms with E-state index >= 15 is 0 Å². The summed E-state index contributed by atoms with van der Waals surface area (Å²) in [4.78, 5) is 39.3. The number of nitrogens with zero attached hydrogens (tertiary/aromatic N) is 2. The Morgan fingerprint density at radius 3 is 2.44 bits per heavy atom. The van der Waals surface area contributed by atoms with Crippen LogP contribution < -0.4 is 10.6 Å². The Bertz CT molecular complexity index is 656. The molecule has 7 nitrogen and oxygen atoms in total. The number of hydrogen-bond acceptors (Lipinski definition) is 4. The molecule has 8 heteroatoms. The third-order valence-corrected chi connectivity index (χ3v) is 4.47. The quantitative estimate of drug-likeness (QED) is 0.814. The standard InChI is InChI=1S/C17H21FN4O3/c18-12-1-3-13(4-2-12)19-16(24)11-21-7-9-22(10-8-21)17(25)14-5-6-15(23)20-14/h1-4,14H,5-11H2,(H,19,24)(H,20,23)/t14-/m0/s1. The Balaban J connectivity index is 1.42. The normalized spacial score (nSPS) is 21.1. The largest absolute Gasteiger partial charge is 0.344 e. The molecule has 2 saturated heterocycles. The summed E-state index contributed by atoms with van der Waals surface area (Å²) in [5.41, 5.74) is 0.553. The lowest BCUT2D eigenvalue weighted by Gasteiger charge is -2.35. The maximum absolute atomic E-state index is 12.9. The van der Waals surface area contributed by atoms with Crippen LogP contribution in [0.25, 0.3) is 0 Å². The molecule has 2 aliphatic heterocycles. The molecule has 3 rings (SSSR count). The average molecular weight is 348 g/mol. The fourth-order valence-electron chi connectivity index (χ4n) is 3.08. The van der Waals surface area contributed by atoms with Gasteiger partial charge >= 0.3 is 0 Å². The van der Waals surface area contributed by atoms with E-state index in [-0.39, 0.29) is 30.1 Å². The topological polar surface area (TPSA) is 81.8 Å². The molecule has 0 aromatic heterocycles. The highest BCUT2D eigenvalue weighted by Gasteiger charge is 2.32. The first-order chi connectivity index (χ1) is 12.0. The molecule has 0 saturated carbocycles. The van der Waals surface area contributed by atoms with Crippen LogP contribution >= 0.6 is 0 Å². The highest BCUT2D eigenvalue weighted by atomic mass is 19.1. The van der Waals surface area contributed by atoms with Gasteiger partial charge in [-0.05, 0) is 30.7 Å². The number of carbonyl (C=O) groups is 3. The van der Waals surface area contributed by atoms with Gasteiger partial charge in [0.2, 0.25) is 17.7 Å². The lowest BCUT2D eigenvalue weighted by atomic mass is 10.2. The fraction of sp³-hybridized carbons (Fsp3) is 0.471. The van der Waals surface area contributed by atoms with E-state index in [1.54, 1.807) is 4.90 Å². The minimum atomic E-state index is -0.402. The highest BCUT2D eigenvalue weighted by Crippen LogP contribution is 2.12. The molecule has 1 aromatic carbocycles. The third-order valence-electron chi connectivity index (χ3n) is 4.47. The second-order valence-electron chi connectivity index (χ2n) is 6.32. The van der Waals surface area contributed by atoms with Gasteiger partial charge in [0.25, 0.3) is 0 Å². The molecule has 1 aromatic rings. The van der Waals surface area contributed by atoms with Crippen LogP contribution in [0.15, 0.2) is 24.3 Å². The van der Waals surface area contributed by atoms with Crippen LogP contribution in [0.2, 0.25) is 0 Å². The minimum Gasteiger partial charge on any atom is -0.344 e. The summed E-state index contributed by atoms with van der Waals surface area (Å²) < 4.78 is 12.9. The first-order valence-corrected chi connectivity index (χ1v) is 8.37. The van der Waals surface area contributed by atoms with Gasteiger partial charge in [-0.1, -0.05) is 0 Å². The zero-order valence-electron chi connectivity index (χ0n) is 13.8. The van der Waals surface area contributed by atoms with Gasteiger partial charge in [0.1, 0.15) is 11.9 Å². The number of benzene rings is 1.